The Bertz CT molecular complexity index is 556. The second kappa shape index (κ2) is 5.83. The molecule has 1 aromatic carbocycles. The van der Waals surface area contributed by atoms with Crippen LogP contribution >= 0.6 is 0 Å². The number of hydrogen-bond donors (Lipinski definition) is 1. The van der Waals surface area contributed by atoms with Crippen LogP contribution in [0.3, 0.4) is 0 Å². The number of nitrogens with one attached hydrogen (secondary N) is 1. The third kappa shape index (κ3) is 3.08. The second-order valence-corrected chi connectivity index (χ2v) is 4.17. The lowest BCUT2D eigenvalue weighted by Crippen LogP contribution is -2.05. The van der Waals surface area contributed by atoms with Crippen LogP contribution in [0.1, 0.15) is 16.7 Å². The van der Waals surface area contributed by atoms with Crippen LogP contribution in [0, 0.1) is 18.3 Å². The van der Waals surface area contributed by atoms with Gasteiger partial charge in [-0.25, -0.2) is 0 Å². The first-order valence-electron chi connectivity index (χ1n) is 5.93. The molecule has 1 aromatic heterocycles. The first-order valence-corrected chi connectivity index (χ1v) is 5.93. The lowest BCUT2D eigenvalue weighted by Gasteiger charge is -2.07. The quantitative estimate of drug-likeness (QED) is 0.889. The van der Waals surface area contributed by atoms with Crippen molar-refractivity contribution in [3.63, 3.8) is 0 Å². The molecule has 0 radical (unpaired) electrons. The molecule has 3 heteroatoms. The summed E-state index contributed by atoms with van der Waals surface area (Å²) in [5.41, 5.74) is 4.06. The maximum atomic E-state index is 8.86. The first-order chi connectivity index (χ1) is 8.79. The van der Waals surface area contributed by atoms with Gasteiger partial charge in [-0.15, -0.1) is 0 Å². The van der Waals surface area contributed by atoms with Crippen molar-refractivity contribution >= 4 is 5.69 Å². The molecule has 0 spiro atoms. The molecule has 0 aliphatic rings. The van der Waals surface area contributed by atoms with E-state index in [1.807, 2.05) is 37.3 Å². The fraction of sp³-hybridized carbons (Fsp3) is 0.200. The molecule has 3 nitrogen and oxygen atoms in total. The molecule has 1 N–H and O–H groups in total. The van der Waals surface area contributed by atoms with Gasteiger partial charge in [-0.3, -0.25) is 4.98 Å². The predicted molar refractivity (Wildman–Crippen MR) is 72.3 cm³/mol. The molecule has 0 atom stereocenters. The summed E-state index contributed by atoms with van der Waals surface area (Å²) in [6, 6.07) is 12.0. The molecule has 2 rings (SSSR count). The lowest BCUT2D eigenvalue weighted by molar-refractivity contribution is 1.01. The Morgan fingerprint density at radius 2 is 2.00 bits per heavy atom. The van der Waals surface area contributed by atoms with Crippen LogP contribution in [-0.2, 0) is 6.42 Å². The van der Waals surface area contributed by atoms with Gasteiger partial charge in [-0.2, -0.15) is 5.26 Å². The molecule has 2 aromatic rings. The molecule has 0 saturated carbocycles. The minimum absolute atomic E-state index is 0.731. The zero-order valence-electron chi connectivity index (χ0n) is 10.4. The SMILES string of the molecule is Cc1cc(NCCc2ccncc2)ccc1C#N. The highest BCUT2D eigenvalue weighted by molar-refractivity contribution is 5.51. The van der Waals surface area contributed by atoms with E-state index in [9.17, 15) is 0 Å². The van der Waals surface area contributed by atoms with E-state index in [2.05, 4.69) is 16.4 Å². The van der Waals surface area contributed by atoms with E-state index in [1.165, 1.54) is 5.56 Å². The molecular formula is C15H15N3. The maximum absolute atomic E-state index is 8.86. The summed E-state index contributed by atoms with van der Waals surface area (Å²) in [5, 5.41) is 12.2. The van der Waals surface area contributed by atoms with Crippen molar-refractivity contribution in [1.29, 1.82) is 5.26 Å². The van der Waals surface area contributed by atoms with Crippen LogP contribution in [0.5, 0.6) is 0 Å². The Morgan fingerprint density at radius 3 is 2.67 bits per heavy atom. The highest BCUT2D eigenvalue weighted by Crippen LogP contribution is 2.14. The van der Waals surface area contributed by atoms with E-state index in [0.29, 0.717) is 0 Å². The Kier molecular flexibility index (Phi) is 3.93. The van der Waals surface area contributed by atoms with Gasteiger partial charge in [0.2, 0.25) is 0 Å². The van der Waals surface area contributed by atoms with Gasteiger partial charge < -0.3 is 5.32 Å². The van der Waals surface area contributed by atoms with Crippen molar-refractivity contribution in [2.24, 2.45) is 0 Å². The summed E-state index contributed by atoms with van der Waals surface area (Å²) in [7, 11) is 0. The van der Waals surface area contributed by atoms with Crippen LogP contribution in [0.4, 0.5) is 5.69 Å². The van der Waals surface area contributed by atoms with Gasteiger partial charge >= 0.3 is 0 Å². The summed E-state index contributed by atoms with van der Waals surface area (Å²) in [5.74, 6) is 0. The largest absolute Gasteiger partial charge is 0.385 e. The van der Waals surface area contributed by atoms with Crippen molar-refractivity contribution in [2.45, 2.75) is 13.3 Å². The molecule has 18 heavy (non-hydrogen) atoms. The number of pyridine rings is 1. The predicted octanol–water partition coefficient (Wildman–Crippen LogP) is 2.92. The standard InChI is InChI=1S/C15H15N3/c1-12-10-15(3-2-14(12)11-16)18-9-6-13-4-7-17-8-5-13/h2-5,7-8,10,18H,6,9H2,1H3. The number of aryl methyl sites for hydroxylation is 1. The van der Waals surface area contributed by atoms with Gasteiger partial charge in [0.15, 0.2) is 0 Å². The normalized spacial score (nSPS) is 9.78. The summed E-state index contributed by atoms with van der Waals surface area (Å²) in [6.45, 7) is 2.82. The van der Waals surface area contributed by atoms with E-state index >= 15 is 0 Å². The zero-order chi connectivity index (χ0) is 12.8. The molecule has 90 valence electrons. The van der Waals surface area contributed by atoms with Gasteiger partial charge in [0.25, 0.3) is 0 Å². The molecule has 0 fully saturated rings. The van der Waals surface area contributed by atoms with Crippen LogP contribution < -0.4 is 5.32 Å². The number of benzene rings is 1. The zero-order valence-corrected chi connectivity index (χ0v) is 10.4. The van der Waals surface area contributed by atoms with E-state index in [1.54, 1.807) is 12.4 Å². The van der Waals surface area contributed by atoms with Crippen molar-refractivity contribution < 1.29 is 0 Å². The third-order valence-electron chi connectivity index (χ3n) is 2.84. The Hall–Kier alpha value is -2.34. The number of hydrogen-bond acceptors (Lipinski definition) is 3. The molecule has 1 heterocycles. The minimum Gasteiger partial charge on any atom is -0.385 e. The van der Waals surface area contributed by atoms with Crippen molar-refractivity contribution in [2.75, 3.05) is 11.9 Å². The Balaban J connectivity index is 1.91. The fourth-order valence-electron chi connectivity index (χ4n) is 1.80. The molecule has 0 unspecified atom stereocenters. The summed E-state index contributed by atoms with van der Waals surface area (Å²) in [6.07, 6.45) is 4.57. The molecule has 0 aliphatic heterocycles. The molecule has 0 saturated heterocycles. The van der Waals surface area contributed by atoms with Crippen LogP contribution in [0.25, 0.3) is 0 Å². The Morgan fingerprint density at radius 1 is 1.22 bits per heavy atom. The first kappa shape index (κ1) is 12.1. The number of nitrogens with zero attached hydrogens (tertiary/aromatic N) is 2. The second-order valence-electron chi connectivity index (χ2n) is 4.17. The van der Waals surface area contributed by atoms with E-state index in [4.69, 9.17) is 5.26 Å². The minimum atomic E-state index is 0.731. The van der Waals surface area contributed by atoms with E-state index in [-0.39, 0.29) is 0 Å². The number of anilines is 1. The topological polar surface area (TPSA) is 48.7 Å². The van der Waals surface area contributed by atoms with Crippen LogP contribution in [-0.4, -0.2) is 11.5 Å². The summed E-state index contributed by atoms with van der Waals surface area (Å²) >= 11 is 0. The lowest BCUT2D eigenvalue weighted by atomic mass is 10.1. The summed E-state index contributed by atoms with van der Waals surface area (Å²) in [4.78, 5) is 3.99. The summed E-state index contributed by atoms with van der Waals surface area (Å²) < 4.78 is 0. The van der Waals surface area contributed by atoms with Gasteiger partial charge in [0.1, 0.15) is 0 Å². The van der Waals surface area contributed by atoms with Gasteiger partial charge in [0, 0.05) is 24.6 Å². The Labute approximate surface area is 107 Å². The fourth-order valence-corrected chi connectivity index (χ4v) is 1.80. The van der Waals surface area contributed by atoms with Crippen molar-refractivity contribution in [3.8, 4) is 6.07 Å². The van der Waals surface area contributed by atoms with Gasteiger partial charge in [-0.05, 0) is 54.8 Å². The highest BCUT2D eigenvalue weighted by Gasteiger charge is 1.98. The van der Waals surface area contributed by atoms with Gasteiger partial charge in [-0.1, -0.05) is 0 Å². The molecule has 0 bridgehead atoms. The maximum Gasteiger partial charge on any atom is 0.0994 e. The van der Waals surface area contributed by atoms with Gasteiger partial charge in [0.05, 0.1) is 11.6 Å². The number of rotatable bonds is 4. The molecule has 0 amide bonds. The number of aromatic nitrogens is 1. The smallest absolute Gasteiger partial charge is 0.0994 e. The molecular weight excluding hydrogens is 222 g/mol. The van der Waals surface area contributed by atoms with Crippen LogP contribution in [0.2, 0.25) is 0 Å². The highest BCUT2D eigenvalue weighted by atomic mass is 14.9. The number of nitriles is 1. The molecule has 0 aliphatic carbocycles. The third-order valence-corrected chi connectivity index (χ3v) is 2.84. The van der Waals surface area contributed by atoms with Crippen LogP contribution in [0.15, 0.2) is 42.7 Å². The van der Waals surface area contributed by atoms with E-state index < -0.39 is 0 Å². The average molecular weight is 237 g/mol. The van der Waals surface area contributed by atoms with Crippen molar-refractivity contribution in [3.05, 3.63) is 59.4 Å². The van der Waals surface area contributed by atoms with Crippen molar-refractivity contribution in [1.82, 2.24) is 4.98 Å². The average Bonchev–Trinajstić information content (AvgIpc) is 2.40. The monoisotopic (exact) mass is 237 g/mol. The van der Waals surface area contributed by atoms with E-state index in [0.717, 1.165) is 29.8 Å².